The van der Waals surface area contributed by atoms with Crippen molar-refractivity contribution in [2.75, 3.05) is 0 Å². The van der Waals surface area contributed by atoms with Crippen LogP contribution in [0.3, 0.4) is 0 Å². The van der Waals surface area contributed by atoms with E-state index in [9.17, 15) is 4.79 Å². The highest BCUT2D eigenvalue weighted by Crippen LogP contribution is 2.30. The Morgan fingerprint density at radius 2 is 1.86 bits per heavy atom. The zero-order chi connectivity index (χ0) is 15.7. The fourth-order valence-corrected chi connectivity index (χ4v) is 2.80. The van der Waals surface area contributed by atoms with Gasteiger partial charge < -0.3 is 9.73 Å². The molecule has 1 N–H and O–H groups in total. The van der Waals surface area contributed by atoms with Crippen molar-refractivity contribution in [2.45, 2.75) is 33.7 Å². The SMILES string of the molecule is Cc1oc(C)c(C(=O)NC(C)c2cccc(Cl)c2Cl)c1C. The van der Waals surface area contributed by atoms with Gasteiger partial charge in [-0.25, -0.2) is 0 Å². The van der Waals surface area contributed by atoms with Crippen LogP contribution in [0, 0.1) is 20.8 Å². The van der Waals surface area contributed by atoms with Gasteiger partial charge >= 0.3 is 0 Å². The van der Waals surface area contributed by atoms with E-state index in [1.807, 2.05) is 32.9 Å². The molecule has 5 heteroatoms. The highest BCUT2D eigenvalue weighted by atomic mass is 35.5. The molecule has 0 saturated carbocycles. The first-order valence-electron chi connectivity index (χ1n) is 6.64. The van der Waals surface area contributed by atoms with E-state index in [1.165, 1.54) is 0 Å². The molecule has 2 aromatic rings. The second kappa shape index (κ2) is 6.12. The van der Waals surface area contributed by atoms with Crippen LogP contribution in [0.1, 0.15) is 46.0 Å². The van der Waals surface area contributed by atoms with Crippen LogP contribution < -0.4 is 5.32 Å². The number of amides is 1. The highest BCUT2D eigenvalue weighted by molar-refractivity contribution is 6.42. The topological polar surface area (TPSA) is 42.2 Å². The Labute approximate surface area is 134 Å². The average molecular weight is 326 g/mol. The van der Waals surface area contributed by atoms with Gasteiger partial charge in [-0.1, -0.05) is 35.3 Å². The number of nitrogens with one attached hydrogen (secondary N) is 1. The van der Waals surface area contributed by atoms with Gasteiger partial charge in [0.1, 0.15) is 11.5 Å². The number of carbonyl (C=O) groups excluding carboxylic acids is 1. The summed E-state index contributed by atoms with van der Waals surface area (Å²) in [5.41, 5.74) is 2.22. The normalized spacial score (nSPS) is 12.3. The zero-order valence-electron chi connectivity index (χ0n) is 12.4. The number of benzene rings is 1. The van der Waals surface area contributed by atoms with Gasteiger partial charge in [-0.15, -0.1) is 0 Å². The van der Waals surface area contributed by atoms with Crippen molar-refractivity contribution in [1.29, 1.82) is 0 Å². The van der Waals surface area contributed by atoms with Crippen molar-refractivity contribution in [1.82, 2.24) is 5.32 Å². The van der Waals surface area contributed by atoms with Crippen LogP contribution in [0.4, 0.5) is 0 Å². The smallest absolute Gasteiger partial charge is 0.255 e. The van der Waals surface area contributed by atoms with Crippen LogP contribution in [-0.2, 0) is 0 Å². The lowest BCUT2D eigenvalue weighted by Crippen LogP contribution is -2.27. The summed E-state index contributed by atoms with van der Waals surface area (Å²) >= 11 is 12.2. The highest BCUT2D eigenvalue weighted by Gasteiger charge is 2.21. The first-order chi connectivity index (χ1) is 9.82. The summed E-state index contributed by atoms with van der Waals surface area (Å²) in [6.07, 6.45) is 0. The van der Waals surface area contributed by atoms with Crippen LogP contribution in [0.5, 0.6) is 0 Å². The molecule has 1 atom stereocenters. The Morgan fingerprint density at radius 3 is 2.43 bits per heavy atom. The van der Waals surface area contributed by atoms with E-state index < -0.39 is 0 Å². The second-order valence-corrected chi connectivity index (χ2v) is 5.84. The van der Waals surface area contributed by atoms with Gasteiger partial charge in [0, 0.05) is 5.56 Å². The molecular formula is C16H17Cl2NO2. The minimum Gasteiger partial charge on any atom is -0.466 e. The minimum atomic E-state index is -0.252. The van der Waals surface area contributed by atoms with Gasteiger partial charge in [0.05, 0.1) is 21.7 Å². The third-order valence-electron chi connectivity index (χ3n) is 3.58. The molecule has 0 saturated heterocycles. The van der Waals surface area contributed by atoms with Gasteiger partial charge in [0.15, 0.2) is 0 Å². The van der Waals surface area contributed by atoms with Crippen LogP contribution in [0.2, 0.25) is 10.0 Å². The maximum atomic E-state index is 12.4. The zero-order valence-corrected chi connectivity index (χ0v) is 13.9. The van der Waals surface area contributed by atoms with E-state index in [2.05, 4.69) is 5.32 Å². The monoisotopic (exact) mass is 325 g/mol. The number of furan rings is 1. The fourth-order valence-electron chi connectivity index (χ4n) is 2.33. The molecule has 1 unspecified atom stereocenters. The van der Waals surface area contributed by atoms with Gasteiger partial charge in [-0.05, 0) is 39.3 Å². The van der Waals surface area contributed by atoms with E-state index in [1.54, 1.807) is 13.0 Å². The van der Waals surface area contributed by atoms with Gasteiger partial charge in [0.25, 0.3) is 5.91 Å². The van der Waals surface area contributed by atoms with E-state index >= 15 is 0 Å². The maximum absolute atomic E-state index is 12.4. The molecule has 2 rings (SSSR count). The molecular weight excluding hydrogens is 309 g/mol. The first-order valence-corrected chi connectivity index (χ1v) is 7.39. The van der Waals surface area contributed by atoms with Gasteiger partial charge in [-0.3, -0.25) is 4.79 Å². The summed E-state index contributed by atoms with van der Waals surface area (Å²) in [6, 6.07) is 5.12. The van der Waals surface area contributed by atoms with Gasteiger partial charge in [0.2, 0.25) is 0 Å². The molecule has 0 aliphatic rings. The van der Waals surface area contributed by atoms with E-state index in [-0.39, 0.29) is 11.9 Å². The summed E-state index contributed by atoms with van der Waals surface area (Å²) in [7, 11) is 0. The molecule has 0 radical (unpaired) electrons. The second-order valence-electron chi connectivity index (χ2n) is 5.05. The van der Waals surface area contributed by atoms with Crippen molar-refractivity contribution >= 4 is 29.1 Å². The van der Waals surface area contributed by atoms with Crippen LogP contribution in [0.25, 0.3) is 0 Å². The quantitative estimate of drug-likeness (QED) is 0.862. The molecule has 0 spiro atoms. The number of aryl methyl sites for hydroxylation is 2. The first kappa shape index (κ1) is 15.9. The van der Waals surface area contributed by atoms with Crippen LogP contribution >= 0.6 is 23.2 Å². The molecule has 1 aromatic carbocycles. The number of hydrogen-bond acceptors (Lipinski definition) is 2. The number of hydrogen-bond donors (Lipinski definition) is 1. The largest absolute Gasteiger partial charge is 0.466 e. The summed E-state index contributed by atoms with van der Waals surface area (Å²) in [6.45, 7) is 7.37. The molecule has 0 aliphatic carbocycles. The number of halogens is 2. The minimum absolute atomic E-state index is 0.176. The third kappa shape index (κ3) is 3.09. The number of carbonyl (C=O) groups is 1. The molecule has 0 bridgehead atoms. The Hall–Kier alpha value is -1.45. The van der Waals surface area contributed by atoms with Crippen molar-refractivity contribution in [3.8, 4) is 0 Å². The van der Waals surface area contributed by atoms with E-state index in [0.717, 1.165) is 16.9 Å². The van der Waals surface area contributed by atoms with Crippen molar-refractivity contribution in [2.24, 2.45) is 0 Å². The predicted octanol–water partition coefficient (Wildman–Crippen LogP) is 5.00. The Balaban J connectivity index is 2.25. The van der Waals surface area contributed by atoms with Crippen molar-refractivity contribution < 1.29 is 9.21 Å². The predicted molar refractivity (Wildman–Crippen MR) is 85.3 cm³/mol. The van der Waals surface area contributed by atoms with E-state index in [0.29, 0.717) is 21.4 Å². The summed E-state index contributed by atoms with van der Waals surface area (Å²) < 4.78 is 5.49. The lowest BCUT2D eigenvalue weighted by atomic mass is 10.1. The van der Waals surface area contributed by atoms with Crippen molar-refractivity contribution in [3.63, 3.8) is 0 Å². The van der Waals surface area contributed by atoms with Crippen LogP contribution in [0.15, 0.2) is 22.6 Å². The fraction of sp³-hybridized carbons (Fsp3) is 0.312. The molecule has 112 valence electrons. The lowest BCUT2D eigenvalue weighted by Gasteiger charge is -2.16. The number of rotatable bonds is 3. The summed E-state index contributed by atoms with van der Waals surface area (Å²) in [4.78, 5) is 12.4. The standard InChI is InChI=1S/C16H17Cl2NO2/c1-8-10(3)21-11(4)14(8)16(20)19-9(2)12-6-5-7-13(17)15(12)18/h5-7,9H,1-4H3,(H,19,20). The molecule has 1 aromatic heterocycles. The lowest BCUT2D eigenvalue weighted by molar-refractivity contribution is 0.0938. The third-order valence-corrected chi connectivity index (χ3v) is 4.42. The molecule has 1 amide bonds. The Morgan fingerprint density at radius 1 is 1.19 bits per heavy atom. The van der Waals surface area contributed by atoms with Crippen LogP contribution in [-0.4, -0.2) is 5.91 Å². The molecule has 1 heterocycles. The molecule has 0 fully saturated rings. The Kier molecular flexibility index (Phi) is 4.64. The summed E-state index contributed by atoms with van der Waals surface area (Å²) in [5.74, 6) is 1.20. The van der Waals surface area contributed by atoms with Crippen molar-refractivity contribution in [3.05, 3.63) is 56.5 Å². The van der Waals surface area contributed by atoms with E-state index in [4.69, 9.17) is 27.6 Å². The van der Waals surface area contributed by atoms with Gasteiger partial charge in [-0.2, -0.15) is 0 Å². The Bertz CT molecular complexity index is 692. The average Bonchev–Trinajstić information content (AvgIpc) is 2.66. The summed E-state index contributed by atoms with van der Waals surface area (Å²) in [5, 5.41) is 3.87. The molecule has 21 heavy (non-hydrogen) atoms. The molecule has 3 nitrogen and oxygen atoms in total. The molecule has 0 aliphatic heterocycles. The maximum Gasteiger partial charge on any atom is 0.255 e.